The van der Waals surface area contributed by atoms with Crippen molar-refractivity contribution in [2.75, 3.05) is 24.5 Å². The number of benzene rings is 2. The molecule has 5 rings (SSSR count). The zero-order chi connectivity index (χ0) is 21.4. The summed E-state index contributed by atoms with van der Waals surface area (Å²) in [6.45, 7) is 4.77. The number of aromatic nitrogens is 1. The summed E-state index contributed by atoms with van der Waals surface area (Å²) in [5.41, 5.74) is 7.64. The molecular formula is C26H24N4O. The number of pyridine rings is 1. The molecule has 0 saturated carbocycles. The third kappa shape index (κ3) is 3.60. The molecule has 0 aliphatic carbocycles. The summed E-state index contributed by atoms with van der Waals surface area (Å²) in [7, 11) is 0. The highest BCUT2D eigenvalue weighted by Gasteiger charge is 2.33. The Hall–Kier alpha value is -3.49. The van der Waals surface area contributed by atoms with Gasteiger partial charge in [-0.2, -0.15) is 5.26 Å². The number of fused-ring (bicyclic) bond motifs is 1. The number of nitrogens with zero attached hydrogens (tertiary/aromatic N) is 3. The molecule has 154 valence electrons. The lowest BCUT2D eigenvalue weighted by Crippen LogP contribution is -2.33. The summed E-state index contributed by atoms with van der Waals surface area (Å²) in [4.78, 5) is 19.8. The highest BCUT2D eigenvalue weighted by atomic mass is 16.2. The van der Waals surface area contributed by atoms with Crippen molar-refractivity contribution in [3.63, 3.8) is 0 Å². The fourth-order valence-electron chi connectivity index (χ4n) is 4.61. The maximum absolute atomic E-state index is 13.0. The van der Waals surface area contributed by atoms with Crippen molar-refractivity contribution >= 4 is 11.6 Å². The van der Waals surface area contributed by atoms with Crippen LogP contribution in [0.1, 0.15) is 23.1 Å². The first-order chi connectivity index (χ1) is 15.1. The van der Waals surface area contributed by atoms with Crippen LogP contribution in [0.5, 0.6) is 0 Å². The van der Waals surface area contributed by atoms with Crippen LogP contribution in [-0.2, 0) is 11.2 Å². The Morgan fingerprint density at radius 3 is 2.55 bits per heavy atom. The molecule has 3 aromatic rings. The third-order valence-electron chi connectivity index (χ3n) is 6.31. The monoisotopic (exact) mass is 408 g/mol. The van der Waals surface area contributed by atoms with E-state index in [1.165, 1.54) is 5.56 Å². The molecule has 0 bridgehead atoms. The van der Waals surface area contributed by atoms with Crippen LogP contribution in [0.3, 0.4) is 0 Å². The molecule has 5 heteroatoms. The van der Waals surface area contributed by atoms with E-state index in [-0.39, 0.29) is 5.91 Å². The second-order valence-electron chi connectivity index (χ2n) is 8.44. The Morgan fingerprint density at radius 1 is 1.13 bits per heavy atom. The maximum atomic E-state index is 13.0. The van der Waals surface area contributed by atoms with Gasteiger partial charge in [-0.15, -0.1) is 0 Å². The van der Waals surface area contributed by atoms with Crippen molar-refractivity contribution < 1.29 is 4.79 Å². The van der Waals surface area contributed by atoms with Crippen molar-refractivity contribution in [1.29, 1.82) is 5.26 Å². The number of hydrogen-bond donors (Lipinski definition) is 1. The van der Waals surface area contributed by atoms with E-state index in [4.69, 9.17) is 4.98 Å². The molecule has 2 aliphatic rings. The highest BCUT2D eigenvalue weighted by molar-refractivity contribution is 6.05. The van der Waals surface area contributed by atoms with Crippen LogP contribution in [0.25, 0.3) is 22.4 Å². The predicted molar refractivity (Wildman–Crippen MR) is 122 cm³/mol. The van der Waals surface area contributed by atoms with Gasteiger partial charge in [-0.05, 0) is 55.6 Å². The fourth-order valence-corrected chi connectivity index (χ4v) is 4.61. The highest BCUT2D eigenvalue weighted by Crippen LogP contribution is 2.42. The number of hydrogen-bond acceptors (Lipinski definition) is 4. The molecule has 0 unspecified atom stereocenters. The second-order valence-corrected chi connectivity index (χ2v) is 8.44. The molecule has 2 aliphatic heterocycles. The van der Waals surface area contributed by atoms with Gasteiger partial charge in [0.25, 0.3) is 0 Å². The molecule has 1 saturated heterocycles. The lowest BCUT2D eigenvalue weighted by molar-refractivity contribution is -0.117. The Kier molecular flexibility index (Phi) is 5.01. The molecule has 1 atom stereocenters. The SMILES string of the molecule is Cc1ccc(-c2ncc3c(c2-c2ccc(C#N)cc2)CC(=O)N3C[C@@H]2CCNC2)cc1. The van der Waals surface area contributed by atoms with E-state index >= 15 is 0 Å². The van der Waals surface area contributed by atoms with E-state index in [2.05, 4.69) is 42.6 Å². The summed E-state index contributed by atoms with van der Waals surface area (Å²) in [5, 5.41) is 12.6. The smallest absolute Gasteiger partial charge is 0.231 e. The van der Waals surface area contributed by atoms with Crippen LogP contribution < -0.4 is 10.2 Å². The van der Waals surface area contributed by atoms with E-state index < -0.39 is 0 Å². The Balaban J connectivity index is 1.65. The molecule has 1 amide bonds. The molecule has 0 radical (unpaired) electrons. The first-order valence-electron chi connectivity index (χ1n) is 10.7. The van der Waals surface area contributed by atoms with E-state index in [9.17, 15) is 10.1 Å². The van der Waals surface area contributed by atoms with Crippen LogP contribution in [0, 0.1) is 24.2 Å². The van der Waals surface area contributed by atoms with Gasteiger partial charge in [0.2, 0.25) is 5.91 Å². The van der Waals surface area contributed by atoms with Crippen molar-refractivity contribution in [1.82, 2.24) is 10.3 Å². The standard InChI is InChI=1S/C26H24N4O/c1-17-2-6-21(7-3-17)26-25(20-8-4-18(13-27)5-9-20)22-12-24(31)30(23(22)15-29-26)16-19-10-11-28-14-19/h2-9,15,19,28H,10-12,14,16H2,1H3/t19-/m1/s1. The Morgan fingerprint density at radius 2 is 1.87 bits per heavy atom. The average Bonchev–Trinajstić information content (AvgIpc) is 3.42. The minimum atomic E-state index is 0.139. The maximum Gasteiger partial charge on any atom is 0.231 e. The minimum Gasteiger partial charge on any atom is -0.316 e. The van der Waals surface area contributed by atoms with Gasteiger partial charge in [0.1, 0.15) is 0 Å². The van der Waals surface area contributed by atoms with Gasteiger partial charge >= 0.3 is 0 Å². The number of aryl methyl sites for hydroxylation is 1. The quantitative estimate of drug-likeness (QED) is 0.706. The predicted octanol–water partition coefficient (Wildman–Crippen LogP) is 4.09. The summed E-state index contributed by atoms with van der Waals surface area (Å²) in [6, 6.07) is 18.1. The zero-order valence-corrected chi connectivity index (χ0v) is 17.6. The number of nitriles is 1. The average molecular weight is 409 g/mol. The lowest BCUT2D eigenvalue weighted by atomic mass is 9.92. The number of carbonyl (C=O) groups excluding carboxylic acids is 1. The van der Waals surface area contributed by atoms with E-state index in [1.54, 1.807) is 0 Å². The zero-order valence-electron chi connectivity index (χ0n) is 17.6. The van der Waals surface area contributed by atoms with Crippen molar-refractivity contribution in [2.45, 2.75) is 19.8 Å². The Labute approximate surface area is 182 Å². The number of nitrogens with one attached hydrogen (secondary N) is 1. The van der Waals surface area contributed by atoms with E-state index in [1.807, 2.05) is 35.4 Å². The Bertz CT molecular complexity index is 1170. The second kappa shape index (κ2) is 7.98. The topological polar surface area (TPSA) is 69.0 Å². The van der Waals surface area contributed by atoms with Crippen molar-refractivity contribution in [3.8, 4) is 28.5 Å². The molecular weight excluding hydrogens is 384 g/mol. The van der Waals surface area contributed by atoms with Crippen molar-refractivity contribution in [2.24, 2.45) is 5.92 Å². The van der Waals surface area contributed by atoms with Crippen molar-refractivity contribution in [3.05, 3.63) is 71.4 Å². The van der Waals surface area contributed by atoms with Gasteiger partial charge in [-0.3, -0.25) is 9.78 Å². The van der Waals surface area contributed by atoms with E-state index in [0.29, 0.717) is 17.9 Å². The van der Waals surface area contributed by atoms with Gasteiger partial charge in [-0.25, -0.2) is 0 Å². The summed E-state index contributed by atoms with van der Waals surface area (Å²) in [6.07, 6.45) is 3.34. The van der Waals surface area contributed by atoms with Crippen LogP contribution in [-0.4, -0.2) is 30.5 Å². The van der Waals surface area contributed by atoms with Crippen LogP contribution in [0.2, 0.25) is 0 Å². The fraction of sp³-hybridized carbons (Fsp3) is 0.269. The molecule has 2 aromatic carbocycles. The van der Waals surface area contributed by atoms with Gasteiger partial charge in [-0.1, -0.05) is 42.0 Å². The summed E-state index contributed by atoms with van der Waals surface area (Å²) < 4.78 is 0. The first kappa shape index (κ1) is 19.5. The van der Waals surface area contributed by atoms with Crippen LogP contribution >= 0.6 is 0 Å². The van der Waals surface area contributed by atoms with Gasteiger partial charge in [0.15, 0.2) is 0 Å². The number of anilines is 1. The number of amides is 1. The third-order valence-corrected chi connectivity index (χ3v) is 6.31. The molecule has 3 heterocycles. The van der Waals surface area contributed by atoms with Crippen LogP contribution in [0.15, 0.2) is 54.7 Å². The number of carbonyl (C=O) groups is 1. The normalized spacial score (nSPS) is 17.6. The lowest BCUT2D eigenvalue weighted by Gasteiger charge is -2.22. The molecule has 1 N–H and O–H groups in total. The van der Waals surface area contributed by atoms with Gasteiger partial charge < -0.3 is 10.2 Å². The molecule has 0 spiro atoms. The molecule has 1 aromatic heterocycles. The van der Waals surface area contributed by atoms with Gasteiger partial charge in [0.05, 0.1) is 35.6 Å². The summed E-state index contributed by atoms with van der Waals surface area (Å²) in [5.74, 6) is 0.615. The largest absolute Gasteiger partial charge is 0.316 e. The first-order valence-corrected chi connectivity index (χ1v) is 10.7. The van der Waals surface area contributed by atoms with Crippen LogP contribution in [0.4, 0.5) is 5.69 Å². The molecule has 5 nitrogen and oxygen atoms in total. The number of rotatable bonds is 4. The van der Waals surface area contributed by atoms with Gasteiger partial charge in [0, 0.05) is 17.7 Å². The summed E-state index contributed by atoms with van der Waals surface area (Å²) >= 11 is 0. The molecule has 1 fully saturated rings. The minimum absolute atomic E-state index is 0.139. The molecule has 31 heavy (non-hydrogen) atoms. The van der Waals surface area contributed by atoms with E-state index in [0.717, 1.165) is 59.7 Å².